The predicted molar refractivity (Wildman–Crippen MR) is 62.4 cm³/mol. The minimum Gasteiger partial charge on any atom is -0.317 e. The molecular formula is C13H20FN. The maximum absolute atomic E-state index is 12.7. The van der Waals surface area contributed by atoms with Crippen LogP contribution in [-0.2, 0) is 6.42 Å². The zero-order chi connectivity index (χ0) is 11.3. The van der Waals surface area contributed by atoms with Crippen LogP contribution >= 0.6 is 0 Å². The zero-order valence-electron chi connectivity index (χ0n) is 9.76. The second-order valence-corrected chi connectivity index (χ2v) is 4.36. The van der Waals surface area contributed by atoms with E-state index in [1.54, 1.807) is 0 Å². The highest BCUT2D eigenvalue weighted by molar-refractivity contribution is 5.16. The Morgan fingerprint density at radius 2 is 1.80 bits per heavy atom. The normalized spacial score (nSPS) is 14.9. The highest BCUT2D eigenvalue weighted by atomic mass is 19.1. The molecule has 2 atom stereocenters. The van der Waals surface area contributed by atoms with Gasteiger partial charge in [-0.25, -0.2) is 4.39 Å². The summed E-state index contributed by atoms with van der Waals surface area (Å²) >= 11 is 0. The first-order valence-corrected chi connectivity index (χ1v) is 5.53. The predicted octanol–water partition coefficient (Wildman–Crippen LogP) is 3.00. The Balaban J connectivity index is 2.44. The molecule has 1 N–H and O–H groups in total. The first kappa shape index (κ1) is 12.2. The lowest BCUT2D eigenvalue weighted by atomic mass is 9.95. The SMILES string of the molecule is CNC(C)CC(C)Cc1ccc(F)cc1. The molecule has 0 saturated heterocycles. The quantitative estimate of drug-likeness (QED) is 0.786. The van der Waals surface area contributed by atoms with E-state index in [1.165, 1.54) is 17.7 Å². The van der Waals surface area contributed by atoms with Gasteiger partial charge >= 0.3 is 0 Å². The van der Waals surface area contributed by atoms with Crippen LogP contribution in [0.15, 0.2) is 24.3 Å². The maximum atomic E-state index is 12.7. The van der Waals surface area contributed by atoms with Crippen molar-refractivity contribution in [3.05, 3.63) is 35.6 Å². The van der Waals surface area contributed by atoms with Gasteiger partial charge in [0, 0.05) is 6.04 Å². The standard InChI is InChI=1S/C13H20FN/c1-10(8-11(2)15-3)9-12-4-6-13(14)7-5-12/h4-7,10-11,15H,8-9H2,1-3H3. The molecule has 0 amide bonds. The van der Waals surface area contributed by atoms with Crippen molar-refractivity contribution in [3.63, 3.8) is 0 Å². The molecule has 1 rings (SSSR count). The van der Waals surface area contributed by atoms with Gasteiger partial charge in [0.05, 0.1) is 0 Å². The summed E-state index contributed by atoms with van der Waals surface area (Å²) in [4.78, 5) is 0. The summed E-state index contributed by atoms with van der Waals surface area (Å²) in [6.45, 7) is 4.42. The molecule has 15 heavy (non-hydrogen) atoms. The Bertz CT molecular complexity index is 281. The Kier molecular flexibility index (Phi) is 4.76. The van der Waals surface area contributed by atoms with Crippen LogP contribution in [-0.4, -0.2) is 13.1 Å². The van der Waals surface area contributed by atoms with Gasteiger partial charge in [-0.3, -0.25) is 0 Å². The molecule has 1 nitrogen and oxygen atoms in total. The topological polar surface area (TPSA) is 12.0 Å². The van der Waals surface area contributed by atoms with Gasteiger partial charge in [0.25, 0.3) is 0 Å². The molecule has 1 aromatic rings. The van der Waals surface area contributed by atoms with E-state index in [2.05, 4.69) is 19.2 Å². The van der Waals surface area contributed by atoms with Crippen molar-refractivity contribution in [2.24, 2.45) is 5.92 Å². The number of hydrogen-bond donors (Lipinski definition) is 1. The molecular weight excluding hydrogens is 189 g/mol. The summed E-state index contributed by atoms with van der Waals surface area (Å²) in [5, 5.41) is 3.23. The summed E-state index contributed by atoms with van der Waals surface area (Å²) in [5.74, 6) is 0.466. The van der Waals surface area contributed by atoms with Crippen LogP contribution in [0, 0.1) is 11.7 Å². The highest BCUT2D eigenvalue weighted by Gasteiger charge is 2.07. The minimum absolute atomic E-state index is 0.157. The van der Waals surface area contributed by atoms with E-state index in [9.17, 15) is 4.39 Å². The van der Waals surface area contributed by atoms with Crippen LogP contribution < -0.4 is 5.32 Å². The van der Waals surface area contributed by atoms with Gasteiger partial charge in [-0.05, 0) is 50.4 Å². The van der Waals surface area contributed by atoms with Crippen molar-refractivity contribution in [2.45, 2.75) is 32.7 Å². The van der Waals surface area contributed by atoms with Gasteiger partial charge in [-0.1, -0.05) is 19.1 Å². The Labute approximate surface area is 91.7 Å². The van der Waals surface area contributed by atoms with Crippen molar-refractivity contribution in [1.29, 1.82) is 0 Å². The van der Waals surface area contributed by atoms with Crippen molar-refractivity contribution >= 4 is 0 Å². The fourth-order valence-corrected chi connectivity index (χ4v) is 1.83. The Morgan fingerprint density at radius 3 is 2.33 bits per heavy atom. The minimum atomic E-state index is -0.157. The molecule has 2 heteroatoms. The number of halogens is 1. The van der Waals surface area contributed by atoms with Crippen molar-refractivity contribution in [2.75, 3.05) is 7.05 Å². The van der Waals surface area contributed by atoms with Crippen LogP contribution in [0.2, 0.25) is 0 Å². The Hall–Kier alpha value is -0.890. The summed E-state index contributed by atoms with van der Waals surface area (Å²) in [7, 11) is 1.98. The molecule has 0 aliphatic heterocycles. The lowest BCUT2D eigenvalue weighted by molar-refractivity contribution is 0.440. The number of rotatable bonds is 5. The summed E-state index contributed by atoms with van der Waals surface area (Å²) in [5.41, 5.74) is 1.22. The molecule has 84 valence electrons. The third-order valence-corrected chi connectivity index (χ3v) is 2.75. The third-order valence-electron chi connectivity index (χ3n) is 2.75. The lowest BCUT2D eigenvalue weighted by Crippen LogP contribution is -2.24. The van der Waals surface area contributed by atoms with E-state index < -0.39 is 0 Å². The third kappa shape index (κ3) is 4.43. The van der Waals surface area contributed by atoms with Crippen LogP contribution in [0.3, 0.4) is 0 Å². The average Bonchev–Trinajstić information content (AvgIpc) is 2.21. The molecule has 0 aliphatic rings. The van der Waals surface area contributed by atoms with Crippen LogP contribution in [0.25, 0.3) is 0 Å². The molecule has 0 fully saturated rings. The lowest BCUT2D eigenvalue weighted by Gasteiger charge is -2.16. The van der Waals surface area contributed by atoms with Gasteiger partial charge in [0.1, 0.15) is 5.82 Å². The Morgan fingerprint density at radius 1 is 1.20 bits per heavy atom. The molecule has 1 aromatic carbocycles. The second kappa shape index (κ2) is 5.86. The van der Waals surface area contributed by atoms with E-state index in [0.717, 1.165) is 12.8 Å². The maximum Gasteiger partial charge on any atom is 0.123 e. The van der Waals surface area contributed by atoms with E-state index in [-0.39, 0.29) is 5.82 Å². The van der Waals surface area contributed by atoms with Gasteiger partial charge in [-0.15, -0.1) is 0 Å². The molecule has 0 heterocycles. The smallest absolute Gasteiger partial charge is 0.123 e. The summed E-state index contributed by atoms with van der Waals surface area (Å²) in [6, 6.07) is 7.35. The van der Waals surface area contributed by atoms with E-state index in [4.69, 9.17) is 0 Å². The molecule has 0 radical (unpaired) electrons. The van der Waals surface area contributed by atoms with Crippen LogP contribution in [0.5, 0.6) is 0 Å². The first-order valence-electron chi connectivity index (χ1n) is 5.53. The molecule has 2 unspecified atom stereocenters. The summed E-state index contributed by atoms with van der Waals surface area (Å²) < 4.78 is 12.7. The van der Waals surface area contributed by atoms with Gasteiger partial charge in [0.2, 0.25) is 0 Å². The molecule has 0 saturated carbocycles. The zero-order valence-corrected chi connectivity index (χ0v) is 9.76. The fourth-order valence-electron chi connectivity index (χ4n) is 1.83. The van der Waals surface area contributed by atoms with Crippen LogP contribution in [0.1, 0.15) is 25.8 Å². The number of benzene rings is 1. The highest BCUT2D eigenvalue weighted by Crippen LogP contribution is 2.14. The molecule has 0 spiro atoms. The molecule has 0 aliphatic carbocycles. The first-order chi connectivity index (χ1) is 7.11. The van der Waals surface area contributed by atoms with Gasteiger partial charge in [-0.2, -0.15) is 0 Å². The van der Waals surface area contributed by atoms with Gasteiger partial charge < -0.3 is 5.32 Å². The van der Waals surface area contributed by atoms with E-state index in [1.807, 2.05) is 19.2 Å². The molecule has 0 aromatic heterocycles. The fraction of sp³-hybridized carbons (Fsp3) is 0.538. The van der Waals surface area contributed by atoms with Crippen molar-refractivity contribution in [1.82, 2.24) is 5.32 Å². The van der Waals surface area contributed by atoms with E-state index in [0.29, 0.717) is 12.0 Å². The second-order valence-electron chi connectivity index (χ2n) is 4.36. The van der Waals surface area contributed by atoms with E-state index >= 15 is 0 Å². The van der Waals surface area contributed by atoms with Crippen molar-refractivity contribution in [3.8, 4) is 0 Å². The average molecular weight is 209 g/mol. The number of hydrogen-bond acceptors (Lipinski definition) is 1. The van der Waals surface area contributed by atoms with Crippen molar-refractivity contribution < 1.29 is 4.39 Å². The van der Waals surface area contributed by atoms with Crippen LogP contribution in [0.4, 0.5) is 4.39 Å². The van der Waals surface area contributed by atoms with Gasteiger partial charge in [0.15, 0.2) is 0 Å². The number of nitrogens with one attached hydrogen (secondary N) is 1. The largest absolute Gasteiger partial charge is 0.317 e. The summed E-state index contributed by atoms with van der Waals surface area (Å²) in [6.07, 6.45) is 2.17. The molecule has 0 bridgehead atoms. The monoisotopic (exact) mass is 209 g/mol.